The summed E-state index contributed by atoms with van der Waals surface area (Å²) in [4.78, 5) is 11.0. The Morgan fingerprint density at radius 2 is 2.07 bits per heavy atom. The Bertz CT molecular complexity index is 211. The summed E-state index contributed by atoms with van der Waals surface area (Å²) in [7, 11) is 0. The number of rotatable bonds is 5. The molecule has 0 bridgehead atoms. The maximum absolute atomic E-state index is 11.0. The first-order chi connectivity index (χ1) is 6.32. The summed E-state index contributed by atoms with van der Waals surface area (Å²) in [6.07, 6.45) is 1.88. The van der Waals surface area contributed by atoms with Crippen LogP contribution in [0, 0.1) is 5.92 Å². The first kappa shape index (κ1) is 17.1. The van der Waals surface area contributed by atoms with Crippen LogP contribution in [0.2, 0.25) is 0 Å². The van der Waals surface area contributed by atoms with E-state index in [2.05, 4.69) is 6.58 Å². The van der Waals surface area contributed by atoms with Gasteiger partial charge in [-0.2, -0.15) is 0 Å². The molecule has 0 radical (unpaired) electrons. The van der Waals surface area contributed by atoms with Gasteiger partial charge in [0.1, 0.15) is 6.10 Å². The van der Waals surface area contributed by atoms with E-state index in [0.29, 0.717) is 0 Å². The van der Waals surface area contributed by atoms with Gasteiger partial charge in [-0.25, -0.2) is 4.79 Å². The number of hydrogen-bond donors (Lipinski definition) is 1. The predicted molar refractivity (Wildman–Crippen MR) is 68.1 cm³/mol. The Kier molecular flexibility index (Phi) is 7.97. The van der Waals surface area contributed by atoms with Crippen LogP contribution in [-0.2, 0) is 9.53 Å². The third-order valence-corrected chi connectivity index (χ3v) is 2.43. The van der Waals surface area contributed by atoms with Crippen LogP contribution in [0.5, 0.6) is 0 Å². The monoisotopic (exact) mass is 279 g/mol. The van der Waals surface area contributed by atoms with E-state index in [-0.39, 0.29) is 40.5 Å². The van der Waals surface area contributed by atoms with Gasteiger partial charge in [0, 0.05) is 17.5 Å². The normalized spacial score (nSPS) is 14.7. The molecule has 0 saturated heterocycles. The molecule has 0 spiro atoms. The smallest absolute Gasteiger partial charge is 0.330 e. The molecule has 2 N–H and O–H groups in total. The number of nitrogens with two attached hydrogens (primary N) is 1. The van der Waals surface area contributed by atoms with Gasteiger partial charge in [0.2, 0.25) is 0 Å². The van der Waals surface area contributed by atoms with Gasteiger partial charge in [-0.3, -0.25) is 0 Å². The Hall–Kier alpha value is -0.350. The fourth-order valence-corrected chi connectivity index (χ4v) is 1.78. The number of carbonyl (C=O) groups excluding carboxylic acids is 1. The second kappa shape index (κ2) is 7.01. The highest BCUT2D eigenvalue weighted by molar-refractivity contribution is 8.93. The van der Waals surface area contributed by atoms with Crippen molar-refractivity contribution >= 4 is 23.0 Å². The van der Waals surface area contributed by atoms with Crippen LogP contribution in [0.1, 0.15) is 34.1 Å². The molecule has 0 rings (SSSR count). The quantitative estimate of drug-likeness (QED) is 0.621. The third kappa shape index (κ3) is 5.95. The zero-order valence-corrected chi connectivity index (χ0v) is 11.7. The molecule has 2 atom stereocenters. The molecule has 0 amide bonds. The van der Waals surface area contributed by atoms with E-state index in [1.165, 1.54) is 6.08 Å². The van der Waals surface area contributed by atoms with Crippen molar-refractivity contribution < 1.29 is 9.53 Å². The van der Waals surface area contributed by atoms with E-state index >= 15 is 0 Å². The fraction of sp³-hybridized carbons (Fsp3) is 0.727. The zero-order chi connectivity index (χ0) is 11.4. The molecular formula is C11H22BrNO2. The first-order valence-corrected chi connectivity index (χ1v) is 4.94. The van der Waals surface area contributed by atoms with Crippen molar-refractivity contribution in [1.82, 2.24) is 0 Å². The maximum atomic E-state index is 11.0. The topological polar surface area (TPSA) is 52.3 Å². The summed E-state index contributed by atoms with van der Waals surface area (Å²) in [5.74, 6) is -0.230. The number of halogens is 1. The van der Waals surface area contributed by atoms with Gasteiger partial charge in [0.25, 0.3) is 0 Å². The van der Waals surface area contributed by atoms with Crippen LogP contribution in [-0.4, -0.2) is 17.6 Å². The molecule has 0 aliphatic rings. The van der Waals surface area contributed by atoms with Crippen LogP contribution < -0.4 is 5.73 Å². The van der Waals surface area contributed by atoms with Crippen molar-refractivity contribution in [2.45, 2.75) is 45.8 Å². The molecule has 0 aromatic carbocycles. The van der Waals surface area contributed by atoms with Gasteiger partial charge in [0.05, 0.1) is 0 Å². The van der Waals surface area contributed by atoms with Crippen LogP contribution in [0.3, 0.4) is 0 Å². The van der Waals surface area contributed by atoms with Crippen LogP contribution >= 0.6 is 17.0 Å². The van der Waals surface area contributed by atoms with E-state index in [0.717, 1.165) is 6.42 Å². The van der Waals surface area contributed by atoms with Crippen LogP contribution in [0.4, 0.5) is 0 Å². The van der Waals surface area contributed by atoms with Crippen molar-refractivity contribution in [3.63, 3.8) is 0 Å². The average Bonchev–Trinajstić information content (AvgIpc) is 2.02. The molecule has 3 nitrogen and oxygen atoms in total. The Labute approximate surface area is 103 Å². The van der Waals surface area contributed by atoms with Crippen molar-refractivity contribution in [1.29, 1.82) is 0 Å². The first-order valence-electron chi connectivity index (χ1n) is 4.94. The van der Waals surface area contributed by atoms with Crippen LogP contribution in [0.15, 0.2) is 12.7 Å². The molecule has 0 saturated carbocycles. The molecule has 0 aromatic rings. The summed E-state index contributed by atoms with van der Waals surface area (Å²) < 4.78 is 5.14. The van der Waals surface area contributed by atoms with Gasteiger partial charge >= 0.3 is 5.97 Å². The Morgan fingerprint density at radius 1 is 1.60 bits per heavy atom. The van der Waals surface area contributed by atoms with E-state index < -0.39 is 0 Å². The minimum absolute atomic E-state index is 0. The van der Waals surface area contributed by atoms with E-state index in [4.69, 9.17) is 10.5 Å². The van der Waals surface area contributed by atoms with Crippen molar-refractivity contribution in [2.75, 3.05) is 0 Å². The third-order valence-electron chi connectivity index (χ3n) is 2.43. The number of ether oxygens (including phenoxy) is 1. The zero-order valence-electron chi connectivity index (χ0n) is 9.95. The second-order valence-electron chi connectivity index (χ2n) is 4.18. The maximum Gasteiger partial charge on any atom is 0.330 e. The molecule has 15 heavy (non-hydrogen) atoms. The summed E-state index contributed by atoms with van der Waals surface area (Å²) in [6.45, 7) is 11.1. The molecule has 0 aliphatic heterocycles. The lowest BCUT2D eigenvalue weighted by Gasteiger charge is -2.33. The number of carbonyl (C=O) groups is 1. The van der Waals surface area contributed by atoms with Gasteiger partial charge in [-0.05, 0) is 27.2 Å². The lowest BCUT2D eigenvalue weighted by molar-refractivity contribution is -0.145. The van der Waals surface area contributed by atoms with Gasteiger partial charge in [0.15, 0.2) is 0 Å². The largest absolute Gasteiger partial charge is 0.459 e. The Morgan fingerprint density at radius 3 is 2.33 bits per heavy atom. The molecule has 0 aliphatic carbocycles. The van der Waals surface area contributed by atoms with E-state index in [1.807, 2.05) is 27.7 Å². The summed E-state index contributed by atoms with van der Waals surface area (Å²) in [5, 5.41) is 0. The standard InChI is InChI=1S/C11H21NO2.BrH/c1-6-9(11(4,5)12)8(3)14-10(13)7-2;/h7-9H,2,6,12H2,1,3-5H3;1H. The lowest BCUT2D eigenvalue weighted by atomic mass is 9.82. The minimum Gasteiger partial charge on any atom is -0.459 e. The highest BCUT2D eigenvalue weighted by atomic mass is 79.9. The molecule has 0 heterocycles. The summed E-state index contributed by atoms with van der Waals surface area (Å²) in [6, 6.07) is 0. The van der Waals surface area contributed by atoms with Gasteiger partial charge < -0.3 is 10.5 Å². The van der Waals surface area contributed by atoms with Crippen molar-refractivity contribution in [3.05, 3.63) is 12.7 Å². The van der Waals surface area contributed by atoms with Gasteiger partial charge in [-0.1, -0.05) is 13.5 Å². The predicted octanol–water partition coefficient (Wildman–Crippen LogP) is 2.45. The molecular weight excluding hydrogens is 258 g/mol. The average molecular weight is 280 g/mol. The number of esters is 1. The minimum atomic E-state index is -0.389. The Balaban J connectivity index is 0. The fourth-order valence-electron chi connectivity index (χ4n) is 1.78. The summed E-state index contributed by atoms with van der Waals surface area (Å²) in [5.41, 5.74) is 5.65. The molecule has 0 fully saturated rings. The SMILES string of the molecule is Br.C=CC(=O)OC(C)C(CC)C(C)(C)N. The number of hydrogen-bond acceptors (Lipinski definition) is 3. The summed E-state index contributed by atoms with van der Waals surface area (Å²) >= 11 is 0. The van der Waals surface area contributed by atoms with E-state index in [9.17, 15) is 4.79 Å². The van der Waals surface area contributed by atoms with Gasteiger partial charge in [-0.15, -0.1) is 17.0 Å². The van der Waals surface area contributed by atoms with Crippen molar-refractivity contribution in [2.24, 2.45) is 11.7 Å². The molecule has 90 valence electrons. The highest BCUT2D eigenvalue weighted by Gasteiger charge is 2.30. The molecule has 2 unspecified atom stereocenters. The van der Waals surface area contributed by atoms with Crippen molar-refractivity contribution in [3.8, 4) is 0 Å². The van der Waals surface area contributed by atoms with E-state index in [1.54, 1.807) is 0 Å². The van der Waals surface area contributed by atoms with Crippen LogP contribution in [0.25, 0.3) is 0 Å². The molecule has 4 heteroatoms. The second-order valence-corrected chi connectivity index (χ2v) is 4.18. The highest BCUT2D eigenvalue weighted by Crippen LogP contribution is 2.23. The molecule has 0 aromatic heterocycles. The lowest BCUT2D eigenvalue weighted by Crippen LogP contribution is -2.46.